The molecule has 0 aromatic carbocycles. The molecule has 0 spiro atoms. The zero-order chi connectivity index (χ0) is 10.8. The van der Waals surface area contributed by atoms with Gasteiger partial charge < -0.3 is 9.47 Å². The summed E-state index contributed by atoms with van der Waals surface area (Å²) >= 11 is 0. The molecule has 1 rings (SSSR count). The molecule has 0 unspecified atom stereocenters. The normalized spacial score (nSPS) is 36.0. The van der Waals surface area contributed by atoms with Crippen molar-refractivity contribution in [2.45, 2.75) is 24.6 Å². The van der Waals surface area contributed by atoms with Gasteiger partial charge in [-0.3, -0.25) is 0 Å². The van der Waals surface area contributed by atoms with Crippen LogP contribution in [0.4, 0.5) is 13.6 Å². The first-order valence-corrected chi connectivity index (χ1v) is 3.99. The maximum atomic E-state index is 13.7. The Hall–Kier alpha value is -1.39. The van der Waals surface area contributed by atoms with Gasteiger partial charge in [0.2, 0.25) is 0 Å². The fraction of sp³-hybridized carbons (Fsp3) is 0.444. The van der Waals surface area contributed by atoms with E-state index in [2.05, 4.69) is 22.6 Å². The largest absolute Gasteiger partial charge is 0.514 e. The number of cyclic esters (lactones) is 2. The molecule has 0 amide bonds. The highest BCUT2D eigenvalue weighted by molar-refractivity contribution is 5.63. The van der Waals surface area contributed by atoms with Crippen molar-refractivity contribution in [3.63, 3.8) is 0 Å². The first kappa shape index (κ1) is 10.7. The molecule has 2 atom stereocenters. The average molecular weight is 204 g/mol. The first-order chi connectivity index (χ1) is 6.47. The van der Waals surface area contributed by atoms with Crippen LogP contribution < -0.4 is 0 Å². The quantitative estimate of drug-likeness (QED) is 0.521. The molecule has 0 N–H and O–H groups in total. The van der Waals surface area contributed by atoms with Gasteiger partial charge in [0.25, 0.3) is 0 Å². The molecule has 1 aliphatic rings. The Balaban J connectivity index is 2.96. The molecule has 14 heavy (non-hydrogen) atoms. The van der Waals surface area contributed by atoms with E-state index in [-0.39, 0.29) is 0 Å². The summed E-state index contributed by atoms with van der Waals surface area (Å²) in [5.41, 5.74) is 0. The van der Waals surface area contributed by atoms with Crippen LogP contribution in [0.2, 0.25) is 0 Å². The minimum Gasteiger partial charge on any atom is -0.389 e. The molecule has 0 aromatic rings. The Morgan fingerprint density at radius 1 is 1.14 bits per heavy atom. The summed E-state index contributed by atoms with van der Waals surface area (Å²) in [6.07, 6.45) is -0.0797. The minimum absolute atomic E-state index is 0.469. The molecule has 0 bridgehead atoms. The fourth-order valence-electron chi connectivity index (χ4n) is 1.20. The van der Waals surface area contributed by atoms with E-state index < -0.39 is 30.7 Å². The smallest absolute Gasteiger partial charge is 0.389 e. The van der Waals surface area contributed by atoms with Crippen LogP contribution in [0.15, 0.2) is 25.3 Å². The molecule has 1 aliphatic heterocycles. The minimum atomic E-state index is -2.81. The molecule has 1 heterocycles. The van der Waals surface area contributed by atoms with Crippen LogP contribution in [0.1, 0.15) is 12.8 Å². The Morgan fingerprint density at radius 2 is 1.50 bits per heavy atom. The lowest BCUT2D eigenvalue weighted by Gasteiger charge is -2.25. The molecular formula is C9H10F2O3. The molecule has 3 nitrogen and oxygen atoms in total. The Kier molecular flexibility index (Phi) is 2.59. The van der Waals surface area contributed by atoms with Crippen LogP contribution in [0.3, 0.4) is 0 Å². The van der Waals surface area contributed by atoms with E-state index in [0.717, 1.165) is 12.2 Å². The predicted molar refractivity (Wildman–Crippen MR) is 44.9 cm³/mol. The molecule has 1 fully saturated rings. The van der Waals surface area contributed by atoms with E-state index >= 15 is 0 Å². The zero-order valence-electron chi connectivity index (χ0n) is 7.46. The summed E-state index contributed by atoms with van der Waals surface area (Å²) in [7, 11) is 0. The summed E-state index contributed by atoms with van der Waals surface area (Å²) in [6, 6.07) is 0. The van der Waals surface area contributed by atoms with Gasteiger partial charge in [0, 0.05) is 12.8 Å². The van der Waals surface area contributed by atoms with Gasteiger partial charge in [-0.1, -0.05) is 12.2 Å². The van der Waals surface area contributed by atoms with Gasteiger partial charge in [0.1, 0.15) is 0 Å². The van der Waals surface area contributed by atoms with Crippen molar-refractivity contribution in [1.29, 1.82) is 0 Å². The second-order valence-electron chi connectivity index (χ2n) is 2.90. The van der Waals surface area contributed by atoms with Crippen LogP contribution in [-0.2, 0) is 9.47 Å². The lowest BCUT2D eigenvalue weighted by Crippen LogP contribution is -2.44. The second-order valence-corrected chi connectivity index (χ2v) is 2.90. The maximum absolute atomic E-state index is 13.7. The number of hydrogen-bond donors (Lipinski definition) is 0. The highest BCUT2D eigenvalue weighted by Crippen LogP contribution is 2.44. The molecular weight excluding hydrogens is 194 g/mol. The van der Waals surface area contributed by atoms with Crippen LogP contribution in [0, 0.1) is 0 Å². The van der Waals surface area contributed by atoms with Crippen molar-refractivity contribution >= 4 is 6.16 Å². The Labute approximate surface area is 80.0 Å². The van der Waals surface area contributed by atoms with E-state index in [1.54, 1.807) is 0 Å². The Bertz CT molecular complexity index is 253. The number of carbonyl (C=O) groups is 1. The second kappa shape index (κ2) is 3.40. The van der Waals surface area contributed by atoms with Crippen molar-refractivity contribution in [1.82, 2.24) is 0 Å². The summed E-state index contributed by atoms with van der Waals surface area (Å²) in [5, 5.41) is 0. The van der Waals surface area contributed by atoms with Crippen LogP contribution >= 0.6 is 0 Å². The monoisotopic (exact) mass is 204 g/mol. The van der Waals surface area contributed by atoms with Gasteiger partial charge in [-0.05, 0) is 0 Å². The van der Waals surface area contributed by atoms with E-state index in [9.17, 15) is 13.6 Å². The van der Waals surface area contributed by atoms with E-state index in [1.807, 2.05) is 0 Å². The third-order valence-corrected chi connectivity index (χ3v) is 1.86. The van der Waals surface area contributed by atoms with E-state index in [1.165, 1.54) is 0 Å². The molecule has 5 heteroatoms. The summed E-state index contributed by atoms with van der Waals surface area (Å²) in [5.74, 6) is -5.61. The van der Waals surface area contributed by atoms with Gasteiger partial charge in [-0.15, -0.1) is 13.2 Å². The van der Waals surface area contributed by atoms with E-state index in [0.29, 0.717) is 0 Å². The molecule has 0 saturated carbocycles. The van der Waals surface area contributed by atoms with Gasteiger partial charge >= 0.3 is 17.9 Å². The third kappa shape index (κ3) is 1.49. The summed E-state index contributed by atoms with van der Waals surface area (Å²) in [4.78, 5) is 10.6. The average Bonchev–Trinajstić information content (AvgIpc) is 2.23. The summed E-state index contributed by atoms with van der Waals surface area (Å²) in [6.45, 7) is 6.48. The van der Waals surface area contributed by atoms with Gasteiger partial charge in [0.15, 0.2) is 0 Å². The van der Waals surface area contributed by atoms with Crippen LogP contribution in [-0.4, -0.2) is 17.9 Å². The number of carbonyl (C=O) groups excluding carboxylic acids is 1. The first-order valence-electron chi connectivity index (χ1n) is 3.99. The molecule has 0 aromatic heterocycles. The standard InChI is InChI=1S/C9H10F2O3/c1-3-5-8(10)9(11,6-4-2)14-7(12)13-8/h3-4H,1-2,5-6H2/t8-,9+. The van der Waals surface area contributed by atoms with Gasteiger partial charge in [0.05, 0.1) is 0 Å². The number of halogens is 2. The molecule has 0 aliphatic carbocycles. The Morgan fingerprint density at radius 3 is 1.79 bits per heavy atom. The molecule has 78 valence electrons. The molecule has 0 radical (unpaired) electrons. The third-order valence-electron chi connectivity index (χ3n) is 1.86. The number of ether oxygens (including phenoxy) is 2. The lowest BCUT2D eigenvalue weighted by atomic mass is 10.0. The lowest BCUT2D eigenvalue weighted by molar-refractivity contribution is -0.209. The van der Waals surface area contributed by atoms with Crippen molar-refractivity contribution in [3.05, 3.63) is 25.3 Å². The van der Waals surface area contributed by atoms with Crippen LogP contribution in [0.25, 0.3) is 0 Å². The predicted octanol–water partition coefficient (Wildman–Crippen LogP) is 2.64. The number of hydrogen-bond acceptors (Lipinski definition) is 3. The van der Waals surface area contributed by atoms with Crippen molar-refractivity contribution in [2.75, 3.05) is 0 Å². The van der Waals surface area contributed by atoms with E-state index in [4.69, 9.17) is 0 Å². The highest BCUT2D eigenvalue weighted by Gasteiger charge is 2.64. The highest BCUT2D eigenvalue weighted by atomic mass is 19.2. The van der Waals surface area contributed by atoms with Gasteiger partial charge in [-0.25, -0.2) is 4.79 Å². The maximum Gasteiger partial charge on any atom is 0.514 e. The van der Waals surface area contributed by atoms with Gasteiger partial charge in [-0.2, -0.15) is 8.78 Å². The van der Waals surface area contributed by atoms with Crippen molar-refractivity contribution in [2.24, 2.45) is 0 Å². The molecule has 1 saturated heterocycles. The van der Waals surface area contributed by atoms with Crippen molar-refractivity contribution < 1.29 is 23.0 Å². The van der Waals surface area contributed by atoms with Crippen LogP contribution in [0.5, 0.6) is 0 Å². The fourth-order valence-corrected chi connectivity index (χ4v) is 1.20. The topological polar surface area (TPSA) is 35.5 Å². The summed E-state index contributed by atoms with van der Waals surface area (Å²) < 4.78 is 35.7. The van der Waals surface area contributed by atoms with Crippen molar-refractivity contribution in [3.8, 4) is 0 Å². The SMILES string of the molecule is C=CC[C@@]1(F)OC(=O)O[C@@]1(F)CC=C. The number of rotatable bonds is 4. The number of alkyl halides is 2. The zero-order valence-corrected chi connectivity index (χ0v) is 7.46.